The van der Waals surface area contributed by atoms with Gasteiger partial charge in [-0.25, -0.2) is 19.2 Å². The summed E-state index contributed by atoms with van der Waals surface area (Å²) in [5.41, 5.74) is 3.90. The zero-order valence-electron chi connectivity index (χ0n) is 17.5. The Kier molecular flexibility index (Phi) is 5.73. The van der Waals surface area contributed by atoms with Crippen LogP contribution in [0, 0.1) is 19.7 Å². The zero-order chi connectivity index (χ0) is 22.1. The van der Waals surface area contributed by atoms with Crippen molar-refractivity contribution < 1.29 is 18.7 Å². The normalized spacial score (nSPS) is 11.2. The van der Waals surface area contributed by atoms with Crippen LogP contribution in [0.15, 0.2) is 35.0 Å². The maximum absolute atomic E-state index is 14.0. The summed E-state index contributed by atoms with van der Waals surface area (Å²) in [5, 5.41) is 13.4. The lowest BCUT2D eigenvalue weighted by Crippen LogP contribution is -2.07. The van der Waals surface area contributed by atoms with Crippen LogP contribution in [-0.2, 0) is 12.8 Å². The van der Waals surface area contributed by atoms with Gasteiger partial charge in [0.1, 0.15) is 34.2 Å². The van der Waals surface area contributed by atoms with E-state index in [1.807, 2.05) is 19.9 Å². The number of fused-ring (bicyclic) bond motifs is 1. The summed E-state index contributed by atoms with van der Waals surface area (Å²) in [7, 11) is 0. The Morgan fingerprint density at radius 2 is 2.00 bits per heavy atom. The van der Waals surface area contributed by atoms with Crippen LogP contribution in [0.3, 0.4) is 0 Å². The number of thiophene rings is 1. The molecule has 4 rings (SSSR count). The standard InChI is InChI=1S/C23H22FN3O3S/c1-4-18-15(16-9-14(24)7-12(2)21(16)30-18)5-6-25-20-10-17(26-11-27-20)19-8-13(3)22(31-19)23(28)29/h7-11H,4-6H2,1-3H3,(H,28,29)(H,25,26,27). The molecule has 0 aliphatic rings. The van der Waals surface area contributed by atoms with Crippen molar-refractivity contribution in [2.75, 3.05) is 11.9 Å². The molecule has 0 aliphatic carbocycles. The average molecular weight is 440 g/mol. The van der Waals surface area contributed by atoms with Crippen molar-refractivity contribution in [3.63, 3.8) is 0 Å². The molecule has 4 aromatic rings. The molecule has 0 saturated carbocycles. The lowest BCUT2D eigenvalue weighted by atomic mass is 10.0. The van der Waals surface area contributed by atoms with E-state index in [1.54, 1.807) is 13.0 Å². The van der Waals surface area contributed by atoms with Crippen LogP contribution in [0.25, 0.3) is 21.5 Å². The Morgan fingerprint density at radius 3 is 2.71 bits per heavy atom. The van der Waals surface area contributed by atoms with E-state index in [2.05, 4.69) is 15.3 Å². The summed E-state index contributed by atoms with van der Waals surface area (Å²) in [6, 6.07) is 6.64. The molecule has 3 aromatic heterocycles. The SMILES string of the molecule is CCc1oc2c(C)cc(F)cc2c1CCNc1cc(-c2cc(C)c(C(=O)O)s2)ncn1. The summed E-state index contributed by atoms with van der Waals surface area (Å²) in [6.45, 7) is 6.22. The number of aromatic nitrogens is 2. The molecule has 2 N–H and O–H groups in total. The highest BCUT2D eigenvalue weighted by Gasteiger charge is 2.17. The molecule has 0 radical (unpaired) electrons. The van der Waals surface area contributed by atoms with Gasteiger partial charge < -0.3 is 14.8 Å². The Hall–Kier alpha value is -3.26. The van der Waals surface area contributed by atoms with Gasteiger partial charge in [-0.3, -0.25) is 0 Å². The first-order chi connectivity index (χ1) is 14.9. The number of carboxylic acids is 1. The van der Waals surface area contributed by atoms with Crippen molar-refractivity contribution in [3.05, 3.63) is 63.7 Å². The minimum absolute atomic E-state index is 0.268. The van der Waals surface area contributed by atoms with Gasteiger partial charge in [-0.05, 0) is 49.6 Å². The fourth-order valence-electron chi connectivity index (χ4n) is 3.71. The summed E-state index contributed by atoms with van der Waals surface area (Å²) >= 11 is 1.19. The van der Waals surface area contributed by atoms with Crippen molar-refractivity contribution in [2.45, 2.75) is 33.6 Å². The fourth-order valence-corrected chi connectivity index (χ4v) is 4.69. The highest BCUT2D eigenvalue weighted by molar-refractivity contribution is 7.17. The molecule has 1 aromatic carbocycles. The monoisotopic (exact) mass is 439 g/mol. The molecule has 0 saturated heterocycles. The number of rotatable bonds is 7. The van der Waals surface area contributed by atoms with Gasteiger partial charge in [0.05, 0.1) is 10.6 Å². The minimum atomic E-state index is -0.938. The first-order valence-corrected chi connectivity index (χ1v) is 10.8. The number of hydrogen-bond donors (Lipinski definition) is 2. The quantitative estimate of drug-likeness (QED) is 0.388. The highest BCUT2D eigenvalue weighted by Crippen LogP contribution is 2.32. The van der Waals surface area contributed by atoms with Crippen LogP contribution in [0.2, 0.25) is 0 Å². The fraction of sp³-hybridized carbons (Fsp3) is 0.261. The van der Waals surface area contributed by atoms with Crippen molar-refractivity contribution >= 4 is 34.1 Å². The van der Waals surface area contributed by atoms with E-state index in [1.165, 1.54) is 29.8 Å². The molecule has 0 fully saturated rings. The van der Waals surface area contributed by atoms with Crippen molar-refractivity contribution in [3.8, 4) is 10.6 Å². The first-order valence-electron chi connectivity index (χ1n) is 9.97. The molecule has 31 heavy (non-hydrogen) atoms. The Bertz CT molecular complexity index is 1280. The largest absolute Gasteiger partial charge is 0.477 e. The molecule has 0 atom stereocenters. The molecule has 0 aliphatic heterocycles. The maximum Gasteiger partial charge on any atom is 0.346 e. The molecule has 6 nitrogen and oxygen atoms in total. The number of carboxylic acid groups (broad SMARTS) is 1. The van der Waals surface area contributed by atoms with E-state index in [-0.39, 0.29) is 5.82 Å². The Balaban J connectivity index is 1.53. The van der Waals surface area contributed by atoms with E-state index >= 15 is 0 Å². The summed E-state index contributed by atoms with van der Waals surface area (Å²) in [6.07, 6.45) is 2.84. The Labute approximate surface area is 182 Å². The number of carbonyl (C=O) groups is 1. The van der Waals surface area contributed by atoms with Crippen LogP contribution in [-0.4, -0.2) is 27.6 Å². The van der Waals surface area contributed by atoms with E-state index in [9.17, 15) is 14.3 Å². The second kappa shape index (κ2) is 8.47. The number of hydrogen-bond acceptors (Lipinski definition) is 6. The van der Waals surface area contributed by atoms with Gasteiger partial charge in [0.25, 0.3) is 0 Å². The maximum atomic E-state index is 14.0. The van der Waals surface area contributed by atoms with E-state index in [0.717, 1.165) is 39.2 Å². The third kappa shape index (κ3) is 4.16. The third-order valence-corrected chi connectivity index (χ3v) is 6.41. The summed E-state index contributed by atoms with van der Waals surface area (Å²) in [5.74, 6) is 0.298. The third-order valence-electron chi connectivity index (χ3n) is 5.16. The smallest absolute Gasteiger partial charge is 0.346 e. The molecular formula is C23H22FN3O3S. The summed E-state index contributed by atoms with van der Waals surface area (Å²) in [4.78, 5) is 20.9. The Morgan fingerprint density at radius 1 is 1.19 bits per heavy atom. The van der Waals surface area contributed by atoms with Crippen molar-refractivity contribution in [1.82, 2.24) is 9.97 Å². The van der Waals surface area contributed by atoms with E-state index in [4.69, 9.17) is 4.42 Å². The van der Waals surface area contributed by atoms with Crippen molar-refractivity contribution in [2.24, 2.45) is 0 Å². The lowest BCUT2D eigenvalue weighted by Gasteiger charge is -2.07. The zero-order valence-corrected chi connectivity index (χ0v) is 18.3. The highest BCUT2D eigenvalue weighted by atomic mass is 32.1. The second-order valence-electron chi connectivity index (χ2n) is 7.35. The second-order valence-corrected chi connectivity index (χ2v) is 8.40. The number of aryl methyl sites for hydroxylation is 3. The molecule has 3 heterocycles. The molecule has 8 heteroatoms. The van der Waals surface area contributed by atoms with Gasteiger partial charge >= 0.3 is 5.97 Å². The van der Waals surface area contributed by atoms with Gasteiger partial charge in [-0.2, -0.15) is 0 Å². The number of benzene rings is 1. The van der Waals surface area contributed by atoms with Crippen LogP contribution in [0.4, 0.5) is 10.2 Å². The number of aromatic carboxylic acids is 1. The van der Waals surface area contributed by atoms with Gasteiger partial charge in [-0.1, -0.05) is 6.92 Å². The predicted octanol–water partition coefficient (Wildman–Crippen LogP) is 5.62. The molecular weight excluding hydrogens is 417 g/mol. The van der Waals surface area contributed by atoms with Crippen LogP contribution < -0.4 is 5.32 Å². The summed E-state index contributed by atoms with van der Waals surface area (Å²) < 4.78 is 19.9. The number of nitrogens with zero attached hydrogens (tertiary/aromatic N) is 2. The van der Waals surface area contributed by atoms with Crippen LogP contribution in [0.5, 0.6) is 0 Å². The lowest BCUT2D eigenvalue weighted by molar-refractivity contribution is 0.0701. The van der Waals surface area contributed by atoms with Crippen LogP contribution >= 0.6 is 11.3 Å². The van der Waals surface area contributed by atoms with Gasteiger partial charge in [0, 0.05) is 30.0 Å². The van der Waals surface area contributed by atoms with Gasteiger partial charge in [0.15, 0.2) is 0 Å². The van der Waals surface area contributed by atoms with E-state index in [0.29, 0.717) is 34.9 Å². The van der Waals surface area contributed by atoms with Gasteiger partial charge in [-0.15, -0.1) is 11.3 Å². The van der Waals surface area contributed by atoms with E-state index < -0.39 is 5.97 Å². The van der Waals surface area contributed by atoms with Crippen LogP contribution in [0.1, 0.15) is 39.0 Å². The topological polar surface area (TPSA) is 88.2 Å². The number of nitrogens with one attached hydrogen (secondary N) is 1. The average Bonchev–Trinajstić information content (AvgIpc) is 3.29. The molecule has 160 valence electrons. The first kappa shape index (κ1) is 21.0. The molecule has 0 spiro atoms. The van der Waals surface area contributed by atoms with Crippen molar-refractivity contribution in [1.29, 1.82) is 0 Å². The molecule has 0 unspecified atom stereocenters. The number of halogens is 1. The number of furan rings is 1. The molecule has 0 amide bonds. The number of anilines is 1. The minimum Gasteiger partial charge on any atom is -0.477 e. The molecule has 0 bridgehead atoms. The van der Waals surface area contributed by atoms with Gasteiger partial charge in [0.2, 0.25) is 0 Å². The predicted molar refractivity (Wildman–Crippen MR) is 120 cm³/mol.